The van der Waals surface area contributed by atoms with Crippen LogP contribution in [0.1, 0.15) is 32.1 Å². The van der Waals surface area contributed by atoms with Crippen LogP contribution in [0, 0.1) is 5.92 Å². The fourth-order valence-electron chi connectivity index (χ4n) is 3.60. The lowest BCUT2D eigenvalue weighted by molar-refractivity contribution is 0.0652. The molecular weight excluding hydrogens is 200 g/mol. The Morgan fingerprint density at radius 2 is 2.12 bits per heavy atom. The van der Waals surface area contributed by atoms with Gasteiger partial charge in [-0.3, -0.25) is 4.90 Å². The Hall–Kier alpha value is -0.120. The van der Waals surface area contributed by atoms with Crippen molar-refractivity contribution in [3.05, 3.63) is 0 Å². The van der Waals surface area contributed by atoms with E-state index in [4.69, 9.17) is 4.74 Å². The summed E-state index contributed by atoms with van der Waals surface area (Å²) < 4.78 is 5.37. The molecule has 0 spiro atoms. The van der Waals surface area contributed by atoms with Crippen LogP contribution in [-0.2, 0) is 4.74 Å². The van der Waals surface area contributed by atoms with Gasteiger partial charge in [-0.25, -0.2) is 0 Å². The summed E-state index contributed by atoms with van der Waals surface area (Å²) in [4.78, 5) is 2.71. The van der Waals surface area contributed by atoms with Crippen LogP contribution in [-0.4, -0.2) is 50.8 Å². The summed E-state index contributed by atoms with van der Waals surface area (Å²) in [6.07, 6.45) is 7.16. The van der Waals surface area contributed by atoms with Gasteiger partial charge in [-0.2, -0.15) is 0 Å². The van der Waals surface area contributed by atoms with Gasteiger partial charge in [0.25, 0.3) is 0 Å². The second-order valence-electron chi connectivity index (χ2n) is 5.31. The summed E-state index contributed by atoms with van der Waals surface area (Å²) in [5.41, 5.74) is 0. The van der Waals surface area contributed by atoms with E-state index in [0.29, 0.717) is 6.04 Å². The summed E-state index contributed by atoms with van der Waals surface area (Å²) in [6.45, 7) is 3.20. The van der Waals surface area contributed by atoms with Gasteiger partial charge in [0.05, 0.1) is 6.61 Å². The van der Waals surface area contributed by atoms with E-state index in [1.165, 1.54) is 38.6 Å². The van der Waals surface area contributed by atoms with E-state index in [-0.39, 0.29) is 0 Å². The second-order valence-corrected chi connectivity index (χ2v) is 5.31. The maximum Gasteiger partial charge on any atom is 0.0630 e. The van der Waals surface area contributed by atoms with Crippen LogP contribution in [0.5, 0.6) is 0 Å². The lowest BCUT2D eigenvalue weighted by Gasteiger charge is -2.36. The third-order valence-electron chi connectivity index (χ3n) is 4.32. The van der Waals surface area contributed by atoms with Crippen LogP contribution in [0.15, 0.2) is 0 Å². The van der Waals surface area contributed by atoms with E-state index >= 15 is 0 Å². The maximum absolute atomic E-state index is 5.37. The van der Waals surface area contributed by atoms with Gasteiger partial charge in [0.1, 0.15) is 0 Å². The number of ether oxygens (including phenoxy) is 1. The first-order chi connectivity index (χ1) is 7.86. The molecule has 0 amide bonds. The van der Waals surface area contributed by atoms with Crippen molar-refractivity contribution in [3.63, 3.8) is 0 Å². The fourth-order valence-corrected chi connectivity index (χ4v) is 3.60. The number of fused-ring (bicyclic) bond motifs is 1. The lowest BCUT2D eigenvalue weighted by atomic mass is 9.85. The molecular formula is C13H26N2O. The van der Waals surface area contributed by atoms with Crippen molar-refractivity contribution in [2.75, 3.05) is 33.9 Å². The molecule has 0 aromatic heterocycles. The first kappa shape index (κ1) is 12.3. The largest absolute Gasteiger partial charge is 0.383 e. The first-order valence-electron chi connectivity index (χ1n) is 6.76. The Balaban J connectivity index is 1.95. The highest BCUT2D eigenvalue weighted by molar-refractivity contribution is 4.93. The Morgan fingerprint density at radius 3 is 2.88 bits per heavy atom. The van der Waals surface area contributed by atoms with Crippen LogP contribution in [0.4, 0.5) is 0 Å². The molecule has 1 saturated carbocycles. The van der Waals surface area contributed by atoms with Gasteiger partial charge in [-0.15, -0.1) is 0 Å². The van der Waals surface area contributed by atoms with Crippen LogP contribution >= 0.6 is 0 Å². The van der Waals surface area contributed by atoms with Gasteiger partial charge >= 0.3 is 0 Å². The summed E-state index contributed by atoms with van der Waals surface area (Å²) in [7, 11) is 3.86. The van der Waals surface area contributed by atoms with Gasteiger partial charge in [-0.05, 0) is 38.8 Å². The van der Waals surface area contributed by atoms with E-state index < -0.39 is 0 Å². The molecule has 1 aliphatic carbocycles. The Kier molecular flexibility index (Phi) is 4.62. The number of nitrogens with one attached hydrogen (secondary N) is 1. The number of hydrogen-bond donors (Lipinski definition) is 1. The summed E-state index contributed by atoms with van der Waals surface area (Å²) in [5.74, 6) is 0.977. The minimum absolute atomic E-state index is 0.572. The summed E-state index contributed by atoms with van der Waals surface area (Å²) >= 11 is 0. The van der Waals surface area contributed by atoms with Gasteiger partial charge in [-0.1, -0.05) is 12.8 Å². The summed E-state index contributed by atoms with van der Waals surface area (Å²) in [5, 5.41) is 3.30. The molecule has 1 saturated heterocycles. The molecule has 3 nitrogen and oxygen atoms in total. The monoisotopic (exact) mass is 226 g/mol. The normalized spacial score (nSPS) is 32.6. The third-order valence-corrected chi connectivity index (χ3v) is 4.32. The molecule has 2 fully saturated rings. The number of hydrogen-bond acceptors (Lipinski definition) is 3. The van der Waals surface area contributed by atoms with Gasteiger partial charge < -0.3 is 10.1 Å². The number of likely N-dealkylation sites (N-methyl/N-ethyl adjacent to an activating group) is 1. The summed E-state index contributed by atoms with van der Waals surface area (Å²) in [6, 6.07) is 1.42. The predicted octanol–water partition coefficient (Wildman–Crippen LogP) is 1.49. The zero-order valence-corrected chi connectivity index (χ0v) is 10.7. The molecule has 2 aliphatic rings. The van der Waals surface area contributed by atoms with Gasteiger partial charge in [0.15, 0.2) is 0 Å². The zero-order chi connectivity index (χ0) is 11.4. The molecule has 1 N–H and O–H groups in total. The molecule has 3 unspecified atom stereocenters. The van der Waals surface area contributed by atoms with Crippen molar-refractivity contribution in [1.82, 2.24) is 10.2 Å². The first-order valence-corrected chi connectivity index (χ1v) is 6.76. The van der Waals surface area contributed by atoms with Gasteiger partial charge in [0, 0.05) is 25.7 Å². The highest BCUT2D eigenvalue weighted by Gasteiger charge is 2.38. The lowest BCUT2D eigenvalue weighted by Crippen LogP contribution is -2.48. The molecule has 0 radical (unpaired) electrons. The molecule has 1 aliphatic heterocycles. The molecule has 3 atom stereocenters. The Labute approximate surface area is 99.5 Å². The van der Waals surface area contributed by atoms with Crippen LogP contribution < -0.4 is 5.32 Å². The minimum Gasteiger partial charge on any atom is -0.383 e. The van der Waals surface area contributed by atoms with E-state index in [9.17, 15) is 0 Å². The highest BCUT2D eigenvalue weighted by Crippen LogP contribution is 2.37. The van der Waals surface area contributed by atoms with Crippen molar-refractivity contribution < 1.29 is 4.74 Å². The number of nitrogens with zero attached hydrogens (tertiary/aromatic N) is 1. The molecule has 0 bridgehead atoms. The molecule has 0 aromatic rings. The smallest absolute Gasteiger partial charge is 0.0630 e. The van der Waals surface area contributed by atoms with Crippen molar-refractivity contribution >= 4 is 0 Å². The third kappa shape index (κ3) is 2.58. The van der Waals surface area contributed by atoms with E-state index in [1.54, 1.807) is 0 Å². The molecule has 16 heavy (non-hydrogen) atoms. The minimum atomic E-state index is 0.572. The molecule has 1 heterocycles. The maximum atomic E-state index is 5.37. The molecule has 94 valence electrons. The predicted molar refractivity (Wildman–Crippen MR) is 66.7 cm³/mol. The Morgan fingerprint density at radius 1 is 1.31 bits per heavy atom. The average molecular weight is 226 g/mol. The van der Waals surface area contributed by atoms with Crippen molar-refractivity contribution in [1.29, 1.82) is 0 Å². The van der Waals surface area contributed by atoms with Crippen LogP contribution in [0.25, 0.3) is 0 Å². The number of methoxy groups -OCH3 is 1. The SMILES string of the molecule is CNCC(COC)N1CCC2CCCCC21. The fraction of sp³-hybridized carbons (Fsp3) is 1.00. The topological polar surface area (TPSA) is 24.5 Å². The van der Waals surface area contributed by atoms with E-state index in [1.807, 2.05) is 14.2 Å². The van der Waals surface area contributed by atoms with Crippen LogP contribution in [0.3, 0.4) is 0 Å². The zero-order valence-electron chi connectivity index (χ0n) is 10.7. The molecule has 3 heteroatoms. The molecule has 0 aromatic carbocycles. The molecule has 2 rings (SSSR count). The van der Waals surface area contributed by atoms with Crippen LogP contribution in [0.2, 0.25) is 0 Å². The quantitative estimate of drug-likeness (QED) is 0.768. The second kappa shape index (κ2) is 5.99. The van der Waals surface area contributed by atoms with Crippen molar-refractivity contribution in [2.24, 2.45) is 5.92 Å². The van der Waals surface area contributed by atoms with E-state index in [0.717, 1.165) is 25.1 Å². The Bertz CT molecular complexity index is 204. The van der Waals surface area contributed by atoms with E-state index in [2.05, 4.69) is 10.2 Å². The highest BCUT2D eigenvalue weighted by atomic mass is 16.5. The van der Waals surface area contributed by atoms with Crippen molar-refractivity contribution in [3.8, 4) is 0 Å². The van der Waals surface area contributed by atoms with Crippen molar-refractivity contribution in [2.45, 2.75) is 44.2 Å². The van der Waals surface area contributed by atoms with Gasteiger partial charge in [0.2, 0.25) is 0 Å². The number of likely N-dealkylation sites (tertiary alicyclic amines) is 1. The number of rotatable bonds is 5. The average Bonchev–Trinajstić information content (AvgIpc) is 2.72. The standard InChI is InChI=1S/C13H26N2O/c1-14-9-12(10-16-2)15-8-7-11-5-3-4-6-13(11)15/h11-14H,3-10H2,1-2H3.